The van der Waals surface area contributed by atoms with Crippen molar-refractivity contribution >= 4 is 12.0 Å². The summed E-state index contributed by atoms with van der Waals surface area (Å²) in [6.07, 6.45) is 10.4. The fraction of sp³-hybridized carbons (Fsp3) is 0.238. The molecular formula is C21H19N5O. The number of nitrogens with one attached hydrogen (secondary N) is 2. The maximum Gasteiger partial charge on any atom is 0.272 e. The normalized spacial score (nSPS) is 17.3. The first-order chi connectivity index (χ1) is 13.3. The van der Waals surface area contributed by atoms with Gasteiger partial charge in [-0.15, -0.1) is 0 Å². The van der Waals surface area contributed by atoms with Crippen molar-refractivity contribution in [3.63, 3.8) is 0 Å². The predicted octanol–water partition coefficient (Wildman–Crippen LogP) is 2.65. The molecule has 3 aromatic heterocycles. The van der Waals surface area contributed by atoms with Crippen LogP contribution in [0.1, 0.15) is 46.0 Å². The third-order valence-corrected chi connectivity index (χ3v) is 5.24. The van der Waals surface area contributed by atoms with E-state index in [0.717, 1.165) is 35.5 Å². The molecule has 27 heavy (non-hydrogen) atoms. The third kappa shape index (κ3) is 2.73. The molecule has 0 aliphatic heterocycles. The van der Waals surface area contributed by atoms with Gasteiger partial charge in [0.05, 0.1) is 16.8 Å². The highest BCUT2D eigenvalue weighted by molar-refractivity contribution is 5.97. The zero-order valence-corrected chi connectivity index (χ0v) is 14.7. The second-order valence-corrected chi connectivity index (χ2v) is 7.12. The average Bonchev–Trinajstić information content (AvgIpc) is 3.44. The zero-order chi connectivity index (χ0) is 18.3. The number of hydrogen-bond acceptors (Lipinski definition) is 4. The SMILES string of the molecule is O=C(NC1CC1)c1n[nH]c2c1C=CC(c1ccccn1)(c1ccccn1)C2. The number of carbonyl (C=O) groups excluding carboxylic acids is 1. The molecule has 0 atom stereocenters. The number of H-pyrrole nitrogens is 1. The van der Waals surface area contributed by atoms with Crippen molar-refractivity contribution in [3.05, 3.63) is 83.2 Å². The molecule has 0 radical (unpaired) electrons. The Balaban J connectivity index is 1.58. The van der Waals surface area contributed by atoms with E-state index in [4.69, 9.17) is 0 Å². The van der Waals surface area contributed by atoms with Crippen LogP contribution >= 0.6 is 0 Å². The summed E-state index contributed by atoms with van der Waals surface area (Å²) < 4.78 is 0. The van der Waals surface area contributed by atoms with E-state index >= 15 is 0 Å². The van der Waals surface area contributed by atoms with Crippen molar-refractivity contribution in [1.82, 2.24) is 25.5 Å². The molecule has 1 saturated carbocycles. The van der Waals surface area contributed by atoms with Gasteiger partial charge in [0.2, 0.25) is 0 Å². The lowest BCUT2D eigenvalue weighted by Gasteiger charge is -2.32. The Morgan fingerprint density at radius 3 is 2.37 bits per heavy atom. The largest absolute Gasteiger partial charge is 0.348 e. The van der Waals surface area contributed by atoms with Gasteiger partial charge in [-0.25, -0.2) is 0 Å². The molecule has 6 nitrogen and oxygen atoms in total. The van der Waals surface area contributed by atoms with Crippen LogP contribution in [0, 0.1) is 0 Å². The second kappa shape index (κ2) is 6.16. The minimum Gasteiger partial charge on any atom is -0.348 e. The zero-order valence-electron chi connectivity index (χ0n) is 14.7. The summed E-state index contributed by atoms with van der Waals surface area (Å²) >= 11 is 0. The van der Waals surface area contributed by atoms with Gasteiger partial charge in [-0.2, -0.15) is 5.10 Å². The topological polar surface area (TPSA) is 83.6 Å². The van der Waals surface area contributed by atoms with Crippen LogP contribution in [0.2, 0.25) is 0 Å². The van der Waals surface area contributed by atoms with Gasteiger partial charge >= 0.3 is 0 Å². The number of aromatic amines is 1. The van der Waals surface area contributed by atoms with Crippen molar-refractivity contribution in [3.8, 4) is 0 Å². The minimum atomic E-state index is -0.494. The van der Waals surface area contributed by atoms with Gasteiger partial charge in [-0.1, -0.05) is 24.3 Å². The first-order valence-corrected chi connectivity index (χ1v) is 9.17. The van der Waals surface area contributed by atoms with Crippen molar-refractivity contribution in [2.24, 2.45) is 0 Å². The highest BCUT2D eigenvalue weighted by Crippen LogP contribution is 2.40. The van der Waals surface area contributed by atoms with Crippen LogP contribution in [0.5, 0.6) is 0 Å². The molecule has 0 saturated heterocycles. The van der Waals surface area contributed by atoms with Crippen molar-refractivity contribution in [1.29, 1.82) is 0 Å². The van der Waals surface area contributed by atoms with Crippen molar-refractivity contribution in [2.75, 3.05) is 0 Å². The summed E-state index contributed by atoms with van der Waals surface area (Å²) in [5.74, 6) is -0.108. The Morgan fingerprint density at radius 1 is 1.07 bits per heavy atom. The highest BCUT2D eigenvalue weighted by atomic mass is 16.2. The molecule has 3 aromatic rings. The van der Waals surface area contributed by atoms with Gasteiger partial charge < -0.3 is 5.32 Å². The number of carbonyl (C=O) groups is 1. The lowest BCUT2D eigenvalue weighted by molar-refractivity contribution is 0.0946. The number of rotatable bonds is 4. The molecule has 6 heteroatoms. The van der Waals surface area contributed by atoms with E-state index < -0.39 is 5.41 Å². The number of aromatic nitrogens is 4. The van der Waals surface area contributed by atoms with E-state index in [1.54, 1.807) is 12.4 Å². The summed E-state index contributed by atoms with van der Waals surface area (Å²) in [5, 5.41) is 10.4. The first kappa shape index (κ1) is 15.9. The number of allylic oxidation sites excluding steroid dienone is 1. The summed E-state index contributed by atoms with van der Waals surface area (Å²) in [6.45, 7) is 0. The van der Waals surface area contributed by atoms with Crippen LogP contribution in [-0.4, -0.2) is 32.1 Å². The quantitative estimate of drug-likeness (QED) is 0.752. The van der Waals surface area contributed by atoms with Gasteiger partial charge in [0.15, 0.2) is 5.69 Å². The summed E-state index contributed by atoms with van der Waals surface area (Å²) in [5.41, 5.74) is 3.59. The molecule has 0 bridgehead atoms. The van der Waals surface area contributed by atoms with E-state index in [1.165, 1.54) is 0 Å². The van der Waals surface area contributed by atoms with Crippen molar-refractivity contribution in [2.45, 2.75) is 30.7 Å². The Kier molecular flexibility index (Phi) is 3.63. The first-order valence-electron chi connectivity index (χ1n) is 9.17. The van der Waals surface area contributed by atoms with Crippen LogP contribution in [0.25, 0.3) is 6.08 Å². The fourth-order valence-electron chi connectivity index (χ4n) is 3.66. The molecule has 1 amide bonds. The second-order valence-electron chi connectivity index (χ2n) is 7.12. The predicted molar refractivity (Wildman–Crippen MR) is 101 cm³/mol. The number of fused-ring (bicyclic) bond motifs is 1. The Hall–Kier alpha value is -3.28. The van der Waals surface area contributed by atoms with Gasteiger partial charge in [-0.05, 0) is 37.1 Å². The third-order valence-electron chi connectivity index (χ3n) is 5.24. The Bertz CT molecular complexity index is 966. The summed E-state index contributed by atoms with van der Waals surface area (Å²) in [4.78, 5) is 21.7. The lowest BCUT2D eigenvalue weighted by atomic mass is 9.72. The molecular weight excluding hydrogens is 338 g/mol. The number of nitrogens with zero attached hydrogens (tertiary/aromatic N) is 3. The van der Waals surface area contributed by atoms with Crippen LogP contribution in [-0.2, 0) is 11.8 Å². The molecule has 5 rings (SSSR count). The van der Waals surface area contributed by atoms with E-state index in [1.807, 2.05) is 42.5 Å². The molecule has 2 aliphatic carbocycles. The van der Waals surface area contributed by atoms with E-state index in [2.05, 4.69) is 31.6 Å². The Morgan fingerprint density at radius 2 is 1.78 bits per heavy atom. The summed E-state index contributed by atoms with van der Waals surface area (Å²) in [6, 6.07) is 12.1. The van der Waals surface area contributed by atoms with Gasteiger partial charge in [0.1, 0.15) is 0 Å². The molecule has 0 unspecified atom stereocenters. The van der Waals surface area contributed by atoms with E-state index in [0.29, 0.717) is 18.2 Å². The standard InChI is InChI=1S/C21H19N5O/c27-20(24-14-7-8-14)19-15-9-10-21(13-16(15)25-26-19,17-5-1-3-11-22-17)18-6-2-4-12-23-18/h1-6,9-12,14H,7-8,13H2,(H,24,27)(H,25,26). The average molecular weight is 357 g/mol. The van der Waals surface area contributed by atoms with Gasteiger partial charge in [-0.3, -0.25) is 19.9 Å². The molecule has 0 spiro atoms. The highest BCUT2D eigenvalue weighted by Gasteiger charge is 2.39. The Labute approximate surface area is 156 Å². The van der Waals surface area contributed by atoms with Gasteiger partial charge in [0, 0.05) is 36.1 Å². The smallest absolute Gasteiger partial charge is 0.272 e. The molecule has 2 aliphatic rings. The summed E-state index contributed by atoms with van der Waals surface area (Å²) in [7, 11) is 0. The lowest BCUT2D eigenvalue weighted by Crippen LogP contribution is -2.33. The monoisotopic (exact) mass is 357 g/mol. The van der Waals surface area contributed by atoms with Crippen LogP contribution < -0.4 is 5.32 Å². The van der Waals surface area contributed by atoms with Crippen molar-refractivity contribution < 1.29 is 4.79 Å². The maximum atomic E-state index is 12.5. The number of amides is 1. The number of hydrogen-bond donors (Lipinski definition) is 2. The molecule has 134 valence electrons. The fourth-order valence-corrected chi connectivity index (χ4v) is 3.66. The van der Waals surface area contributed by atoms with Crippen LogP contribution in [0.3, 0.4) is 0 Å². The molecule has 1 fully saturated rings. The van der Waals surface area contributed by atoms with E-state index in [9.17, 15) is 4.79 Å². The maximum absolute atomic E-state index is 12.5. The minimum absolute atomic E-state index is 0.108. The van der Waals surface area contributed by atoms with E-state index in [-0.39, 0.29) is 5.91 Å². The molecule has 3 heterocycles. The van der Waals surface area contributed by atoms with Crippen LogP contribution in [0.4, 0.5) is 0 Å². The molecule has 0 aromatic carbocycles. The van der Waals surface area contributed by atoms with Gasteiger partial charge in [0.25, 0.3) is 5.91 Å². The molecule has 2 N–H and O–H groups in total. The number of pyridine rings is 2. The van der Waals surface area contributed by atoms with Crippen LogP contribution in [0.15, 0.2) is 54.9 Å².